The normalized spacial score (nSPS) is 30.3. The summed E-state index contributed by atoms with van der Waals surface area (Å²) in [5.74, 6) is 1.69. The molecule has 1 saturated heterocycles. The van der Waals surface area contributed by atoms with E-state index in [4.69, 9.17) is 11.6 Å². The van der Waals surface area contributed by atoms with Gasteiger partial charge in [-0.25, -0.2) is 0 Å². The molecule has 4 nitrogen and oxygen atoms in total. The maximum atomic E-state index is 6.65. The number of halogens is 1. The zero-order valence-corrected chi connectivity index (χ0v) is 18.5. The molecule has 4 rings (SSSR count). The Kier molecular flexibility index (Phi) is 7.83. The van der Waals surface area contributed by atoms with Gasteiger partial charge in [0.25, 0.3) is 0 Å². The Balaban J connectivity index is 1.34. The van der Waals surface area contributed by atoms with Crippen LogP contribution in [0.2, 0.25) is 0 Å². The Bertz CT molecular complexity index is 699. The van der Waals surface area contributed by atoms with Crippen LogP contribution in [0.3, 0.4) is 0 Å². The first kappa shape index (κ1) is 21.1. The van der Waals surface area contributed by atoms with Gasteiger partial charge in [-0.15, -0.1) is 11.8 Å². The summed E-state index contributed by atoms with van der Waals surface area (Å²) in [6.45, 7) is 0. The summed E-state index contributed by atoms with van der Waals surface area (Å²) < 4.78 is 0. The van der Waals surface area contributed by atoms with Crippen LogP contribution in [0.5, 0.6) is 0 Å². The molecule has 1 heterocycles. The highest BCUT2D eigenvalue weighted by Crippen LogP contribution is 2.31. The van der Waals surface area contributed by atoms with Crippen LogP contribution >= 0.6 is 23.4 Å². The quantitative estimate of drug-likeness (QED) is 0.246. The molecule has 0 radical (unpaired) electrons. The molecule has 0 aromatic heterocycles. The topological polar surface area (TPSA) is 48.1 Å². The zero-order chi connectivity index (χ0) is 19.9. The van der Waals surface area contributed by atoms with Gasteiger partial charge in [-0.05, 0) is 56.9 Å². The fourth-order valence-electron chi connectivity index (χ4n) is 4.38. The van der Waals surface area contributed by atoms with E-state index in [0.717, 1.165) is 44.4 Å². The molecule has 1 aliphatic heterocycles. The molecule has 5 atom stereocenters. The van der Waals surface area contributed by atoms with Gasteiger partial charge in [0.15, 0.2) is 5.62 Å². The van der Waals surface area contributed by atoms with E-state index in [1.807, 2.05) is 11.8 Å². The van der Waals surface area contributed by atoms with E-state index in [0.29, 0.717) is 17.2 Å². The van der Waals surface area contributed by atoms with E-state index in [9.17, 15) is 0 Å². The van der Waals surface area contributed by atoms with Crippen molar-refractivity contribution >= 4 is 23.4 Å². The van der Waals surface area contributed by atoms with Crippen molar-refractivity contribution in [3.05, 3.63) is 60.0 Å². The van der Waals surface area contributed by atoms with Gasteiger partial charge in [0.2, 0.25) is 0 Å². The van der Waals surface area contributed by atoms with Crippen molar-refractivity contribution in [2.45, 2.75) is 68.0 Å². The van der Waals surface area contributed by atoms with Crippen LogP contribution in [0.4, 0.5) is 0 Å². The highest BCUT2D eigenvalue weighted by atomic mass is 35.5. The molecule has 0 saturated carbocycles. The largest absolute Gasteiger partial charge is 0.373 e. The van der Waals surface area contributed by atoms with Gasteiger partial charge < -0.3 is 16.0 Å². The monoisotopic (exact) mass is 432 g/mol. The van der Waals surface area contributed by atoms with Gasteiger partial charge in [-0.2, -0.15) is 0 Å². The molecule has 4 aliphatic rings. The molecular formula is C23H33ClN4S. The fourth-order valence-corrected chi connectivity index (χ4v) is 5.90. The van der Waals surface area contributed by atoms with Crippen molar-refractivity contribution in [1.29, 1.82) is 0 Å². The third-order valence-corrected chi connectivity index (χ3v) is 7.45. The lowest BCUT2D eigenvalue weighted by atomic mass is 9.94. The van der Waals surface area contributed by atoms with Crippen LogP contribution < -0.4 is 21.3 Å². The molecule has 29 heavy (non-hydrogen) atoms. The van der Waals surface area contributed by atoms with Gasteiger partial charge in [0.1, 0.15) is 0 Å². The maximum Gasteiger partial charge on any atom is 0.156 e. The van der Waals surface area contributed by atoms with Gasteiger partial charge in [0.05, 0.1) is 6.17 Å². The van der Waals surface area contributed by atoms with E-state index in [2.05, 4.69) is 69.9 Å². The Labute approximate surface area is 184 Å². The van der Waals surface area contributed by atoms with Crippen molar-refractivity contribution in [1.82, 2.24) is 21.3 Å². The first-order valence-corrected chi connectivity index (χ1v) is 12.4. The lowest BCUT2D eigenvalue weighted by molar-refractivity contribution is 0.363. The summed E-state index contributed by atoms with van der Waals surface area (Å²) in [6.07, 6.45) is 25.7. The minimum atomic E-state index is -0.286. The number of hydrogen-bond acceptors (Lipinski definition) is 5. The Morgan fingerprint density at radius 3 is 2.93 bits per heavy atom. The molecule has 0 aromatic rings. The molecular weight excluding hydrogens is 400 g/mol. The summed E-state index contributed by atoms with van der Waals surface area (Å²) in [5.41, 5.74) is 2.28. The average molecular weight is 433 g/mol. The minimum Gasteiger partial charge on any atom is -0.373 e. The van der Waals surface area contributed by atoms with Crippen LogP contribution in [0.1, 0.15) is 44.9 Å². The molecule has 0 bridgehead atoms. The van der Waals surface area contributed by atoms with E-state index in [-0.39, 0.29) is 11.8 Å². The molecule has 4 N–H and O–H groups in total. The van der Waals surface area contributed by atoms with E-state index >= 15 is 0 Å². The maximum absolute atomic E-state index is 6.65. The van der Waals surface area contributed by atoms with Crippen LogP contribution in [0.25, 0.3) is 0 Å². The van der Waals surface area contributed by atoms with E-state index < -0.39 is 0 Å². The second kappa shape index (κ2) is 10.8. The van der Waals surface area contributed by atoms with Crippen molar-refractivity contribution < 1.29 is 0 Å². The standard InChI is InChI=1S/C23H33ClN4S/c24-23(27-18-9-5-2-6-10-18)28-22(14-11-17-7-3-1-4-8-17)26-19-12-13-20-21(15-19)29-16-25-20/h1-5,7,9,15,17,20-23,25-28H,6,8,10-14,16H2. The fraction of sp³-hybridized carbons (Fsp3) is 0.565. The van der Waals surface area contributed by atoms with E-state index in [1.54, 1.807) is 0 Å². The number of rotatable bonds is 9. The molecule has 1 fully saturated rings. The van der Waals surface area contributed by atoms with Crippen LogP contribution in [0, 0.1) is 5.92 Å². The van der Waals surface area contributed by atoms with Crippen molar-refractivity contribution in [3.8, 4) is 0 Å². The van der Waals surface area contributed by atoms with Crippen LogP contribution in [-0.2, 0) is 0 Å². The first-order chi connectivity index (χ1) is 14.3. The molecule has 158 valence electrons. The lowest BCUT2D eigenvalue weighted by Gasteiger charge is -2.31. The summed E-state index contributed by atoms with van der Waals surface area (Å²) in [7, 11) is 0. The highest BCUT2D eigenvalue weighted by Gasteiger charge is 2.30. The number of hydrogen-bond donors (Lipinski definition) is 4. The van der Waals surface area contributed by atoms with Crippen molar-refractivity contribution in [2.24, 2.45) is 5.92 Å². The molecule has 0 aromatic carbocycles. The number of allylic oxidation sites excluding steroid dienone is 9. The van der Waals surface area contributed by atoms with Gasteiger partial charge in [-0.1, -0.05) is 54.1 Å². The molecule has 0 amide bonds. The minimum absolute atomic E-state index is 0.159. The third kappa shape index (κ3) is 6.42. The Hall–Kier alpha value is -1.14. The van der Waals surface area contributed by atoms with Gasteiger partial charge >= 0.3 is 0 Å². The molecule has 5 unspecified atom stereocenters. The first-order valence-electron chi connectivity index (χ1n) is 10.9. The van der Waals surface area contributed by atoms with Crippen molar-refractivity contribution in [2.75, 3.05) is 5.88 Å². The predicted octanol–water partition coefficient (Wildman–Crippen LogP) is 4.46. The second-order valence-electron chi connectivity index (χ2n) is 8.23. The summed E-state index contributed by atoms with van der Waals surface area (Å²) in [5, 5.41) is 15.0. The number of alkyl halides is 1. The van der Waals surface area contributed by atoms with Crippen molar-refractivity contribution in [3.63, 3.8) is 0 Å². The summed E-state index contributed by atoms with van der Waals surface area (Å²) >= 11 is 8.66. The number of nitrogens with one attached hydrogen (secondary N) is 4. The van der Waals surface area contributed by atoms with Gasteiger partial charge in [0, 0.05) is 28.6 Å². The van der Waals surface area contributed by atoms with E-state index in [1.165, 1.54) is 17.8 Å². The molecule has 6 heteroatoms. The molecule has 0 spiro atoms. The average Bonchev–Trinajstić information content (AvgIpc) is 3.21. The van der Waals surface area contributed by atoms with Crippen LogP contribution in [-0.4, -0.2) is 29.0 Å². The molecule has 3 aliphatic carbocycles. The highest BCUT2D eigenvalue weighted by molar-refractivity contribution is 8.00. The van der Waals surface area contributed by atoms with Gasteiger partial charge in [-0.3, -0.25) is 5.32 Å². The third-order valence-electron chi connectivity index (χ3n) is 6.04. The summed E-state index contributed by atoms with van der Waals surface area (Å²) in [4.78, 5) is 0. The zero-order valence-electron chi connectivity index (χ0n) is 16.9. The number of fused-ring (bicyclic) bond motifs is 1. The second-order valence-corrected chi connectivity index (χ2v) is 9.83. The van der Waals surface area contributed by atoms with Crippen LogP contribution in [0.15, 0.2) is 60.0 Å². The SMILES string of the molecule is ClC(NC1=CC=CCC1)NC(CCC1C=CC=CC1)NC1=CC2SCNC2CC1. The summed E-state index contributed by atoms with van der Waals surface area (Å²) in [6, 6.07) is 0.643. The Morgan fingerprint density at radius 2 is 2.10 bits per heavy atom. The predicted molar refractivity (Wildman–Crippen MR) is 125 cm³/mol. The smallest absolute Gasteiger partial charge is 0.156 e. The number of thioether (sulfide) groups is 1. The Morgan fingerprint density at radius 1 is 1.14 bits per heavy atom. The lowest BCUT2D eigenvalue weighted by Crippen LogP contribution is -2.50.